The van der Waals surface area contributed by atoms with Crippen molar-refractivity contribution in [1.82, 2.24) is 0 Å². The highest BCUT2D eigenvalue weighted by molar-refractivity contribution is 5.83. The minimum absolute atomic E-state index is 0.162. The highest BCUT2D eigenvalue weighted by Crippen LogP contribution is 2.15. The van der Waals surface area contributed by atoms with Crippen LogP contribution >= 0.6 is 0 Å². The number of benzene rings is 1. The zero-order chi connectivity index (χ0) is 13.4. The molecule has 0 aliphatic rings. The first kappa shape index (κ1) is 14.5. The maximum Gasteiger partial charge on any atom is 0.233 e. The molecule has 0 saturated carbocycles. The number of nitrogens with two attached hydrogens (primary N) is 2. The maximum absolute atomic E-state index is 10.8. The van der Waals surface area contributed by atoms with Crippen molar-refractivity contribution in [2.75, 3.05) is 6.54 Å². The third-order valence-corrected chi connectivity index (χ3v) is 2.66. The van der Waals surface area contributed by atoms with E-state index < -0.39 is 0 Å². The molecule has 4 N–H and O–H groups in total. The summed E-state index contributed by atoms with van der Waals surface area (Å²) in [5.41, 5.74) is 12.8. The van der Waals surface area contributed by atoms with Crippen molar-refractivity contribution in [3.63, 3.8) is 0 Å². The predicted molar refractivity (Wildman–Crippen MR) is 70.3 cm³/mol. The van der Waals surface area contributed by atoms with Crippen molar-refractivity contribution in [3.8, 4) is 0 Å². The number of unbranched alkanes of at least 4 members (excludes halogenated alkanes) is 1. The monoisotopic (exact) mass is 245 g/mol. The van der Waals surface area contributed by atoms with Crippen molar-refractivity contribution >= 4 is 12.6 Å². The highest BCUT2D eigenvalue weighted by atomic mass is 16.1. The van der Waals surface area contributed by atoms with E-state index in [1.807, 2.05) is 6.29 Å². The Balaban J connectivity index is 2.69. The molecule has 0 saturated heterocycles. The largest absolute Gasteiger partial charge is 0.330 e. The van der Waals surface area contributed by atoms with E-state index in [1.165, 1.54) is 6.07 Å². The molecule has 4 heteroatoms. The van der Waals surface area contributed by atoms with Gasteiger partial charge in [0.1, 0.15) is 0 Å². The summed E-state index contributed by atoms with van der Waals surface area (Å²) in [5, 5.41) is 0. The normalized spacial score (nSPS) is 12.1. The molecule has 0 aliphatic carbocycles. The second kappa shape index (κ2) is 7.74. The van der Waals surface area contributed by atoms with Crippen LogP contribution in [0.5, 0.6) is 0 Å². The average molecular weight is 245 g/mol. The Hall–Kier alpha value is -1.52. The van der Waals surface area contributed by atoms with Crippen LogP contribution in [-0.4, -0.2) is 25.2 Å². The first-order valence-electron chi connectivity index (χ1n) is 5.92. The number of rotatable bonds is 8. The first-order chi connectivity index (χ1) is 8.71. The average Bonchev–Trinajstić information content (AvgIpc) is 2.39. The summed E-state index contributed by atoms with van der Waals surface area (Å²) in [6.45, 7) is 0.648. The number of carbonyl (C=O) groups excluding carboxylic acids is 2. The summed E-state index contributed by atoms with van der Waals surface area (Å²) in [6, 6.07) is 4.51. The Morgan fingerprint density at radius 1 is 1.22 bits per heavy atom. The fourth-order valence-electron chi connectivity index (χ4n) is 1.70. The summed E-state index contributed by atoms with van der Waals surface area (Å²) in [7, 11) is 0. The molecule has 1 aromatic rings. The van der Waals surface area contributed by atoms with Crippen LogP contribution < -0.4 is 11.5 Å². The lowest BCUT2D eigenvalue weighted by molar-refractivity contribution is 0.561. The third-order valence-electron chi connectivity index (χ3n) is 2.66. The lowest BCUT2D eigenvalue weighted by Crippen LogP contribution is -2.22. The van der Waals surface area contributed by atoms with E-state index in [-0.39, 0.29) is 6.04 Å². The van der Waals surface area contributed by atoms with Gasteiger partial charge in [-0.15, -0.1) is 0 Å². The molecular formula is C14H17N2O2. The van der Waals surface area contributed by atoms with E-state index in [2.05, 4.69) is 0 Å². The van der Waals surface area contributed by atoms with Crippen LogP contribution in [0.3, 0.4) is 0 Å². The summed E-state index contributed by atoms with van der Waals surface area (Å²) < 4.78 is 0. The fourth-order valence-corrected chi connectivity index (χ4v) is 1.70. The summed E-state index contributed by atoms with van der Waals surface area (Å²) >= 11 is 0. The molecule has 0 fully saturated rings. The molecule has 0 unspecified atom stereocenters. The fraction of sp³-hybridized carbons (Fsp3) is 0.357. The van der Waals surface area contributed by atoms with E-state index in [0.29, 0.717) is 23.2 Å². The Bertz CT molecular complexity index is 405. The van der Waals surface area contributed by atoms with E-state index >= 15 is 0 Å². The van der Waals surface area contributed by atoms with Crippen molar-refractivity contribution in [1.29, 1.82) is 0 Å². The molecule has 1 atom stereocenters. The predicted octanol–water partition coefficient (Wildman–Crippen LogP) is 0.611. The van der Waals surface area contributed by atoms with Gasteiger partial charge in [0.05, 0.1) is 0 Å². The molecule has 1 aromatic carbocycles. The van der Waals surface area contributed by atoms with Gasteiger partial charge in [0.15, 0.2) is 0 Å². The summed E-state index contributed by atoms with van der Waals surface area (Å²) in [4.78, 5) is 21.3. The molecule has 4 nitrogen and oxygen atoms in total. The molecule has 0 amide bonds. The SMILES string of the molecule is NCCCC[C@H](N)[CH]c1cc([C]=O)ccc1[C]=O. The molecule has 0 aromatic heterocycles. The molecule has 0 bridgehead atoms. The van der Waals surface area contributed by atoms with Crippen LogP contribution in [0.2, 0.25) is 0 Å². The van der Waals surface area contributed by atoms with Crippen LogP contribution in [0.25, 0.3) is 0 Å². The Morgan fingerprint density at radius 3 is 2.61 bits per heavy atom. The van der Waals surface area contributed by atoms with Gasteiger partial charge < -0.3 is 11.5 Å². The van der Waals surface area contributed by atoms with Crippen molar-refractivity contribution in [3.05, 3.63) is 41.3 Å². The zero-order valence-electron chi connectivity index (χ0n) is 10.2. The van der Waals surface area contributed by atoms with Gasteiger partial charge in [0.25, 0.3) is 0 Å². The third kappa shape index (κ3) is 4.39. The van der Waals surface area contributed by atoms with E-state index in [9.17, 15) is 9.59 Å². The van der Waals surface area contributed by atoms with Crippen LogP contribution in [0.4, 0.5) is 0 Å². The van der Waals surface area contributed by atoms with Gasteiger partial charge in [0.2, 0.25) is 12.6 Å². The van der Waals surface area contributed by atoms with Gasteiger partial charge in [-0.1, -0.05) is 12.5 Å². The second-order valence-corrected chi connectivity index (χ2v) is 4.12. The lowest BCUT2D eigenvalue weighted by atomic mass is 9.96. The van der Waals surface area contributed by atoms with Crippen LogP contribution in [0.1, 0.15) is 36.0 Å². The quantitative estimate of drug-likeness (QED) is 0.657. The summed E-state index contributed by atoms with van der Waals surface area (Å²) in [5.74, 6) is 0. The number of hydrogen-bond acceptors (Lipinski definition) is 4. The Kier molecular flexibility index (Phi) is 6.25. The van der Waals surface area contributed by atoms with Gasteiger partial charge in [-0.05, 0) is 37.1 Å². The minimum Gasteiger partial charge on any atom is -0.330 e. The molecule has 0 spiro atoms. The van der Waals surface area contributed by atoms with E-state index in [1.54, 1.807) is 24.8 Å². The standard InChI is InChI=1S/C14H17N2O2/c15-6-2-1-3-14(16)8-13-7-11(9-17)4-5-12(13)10-18/h4-5,7-8,14H,1-3,6,15-16H2/t14-/m0/s1. The van der Waals surface area contributed by atoms with Crippen molar-refractivity contribution in [2.24, 2.45) is 11.5 Å². The van der Waals surface area contributed by atoms with Crippen LogP contribution in [0.15, 0.2) is 18.2 Å². The van der Waals surface area contributed by atoms with E-state index in [0.717, 1.165) is 19.3 Å². The smallest absolute Gasteiger partial charge is 0.233 e. The molecule has 3 radical (unpaired) electrons. The van der Waals surface area contributed by atoms with Gasteiger partial charge in [0, 0.05) is 23.6 Å². The van der Waals surface area contributed by atoms with Gasteiger partial charge in [-0.25, -0.2) is 0 Å². The topological polar surface area (TPSA) is 86.2 Å². The Morgan fingerprint density at radius 2 is 2.00 bits per heavy atom. The zero-order valence-corrected chi connectivity index (χ0v) is 10.2. The van der Waals surface area contributed by atoms with Crippen molar-refractivity contribution < 1.29 is 9.59 Å². The molecule has 95 valence electrons. The van der Waals surface area contributed by atoms with Crippen LogP contribution in [0, 0.1) is 6.42 Å². The lowest BCUT2D eigenvalue weighted by Gasteiger charge is -2.12. The summed E-state index contributed by atoms with van der Waals surface area (Å²) in [6.07, 6.45) is 8.06. The van der Waals surface area contributed by atoms with Gasteiger partial charge >= 0.3 is 0 Å². The molecule has 1 rings (SSSR count). The highest BCUT2D eigenvalue weighted by Gasteiger charge is 2.10. The molecule has 0 heterocycles. The van der Waals surface area contributed by atoms with Crippen LogP contribution in [-0.2, 0) is 9.59 Å². The van der Waals surface area contributed by atoms with Gasteiger partial charge in [-0.3, -0.25) is 9.59 Å². The number of hydrogen-bond donors (Lipinski definition) is 2. The second-order valence-electron chi connectivity index (χ2n) is 4.12. The minimum atomic E-state index is -0.162. The van der Waals surface area contributed by atoms with Gasteiger partial charge in [-0.2, -0.15) is 0 Å². The first-order valence-corrected chi connectivity index (χ1v) is 5.92. The molecular weight excluding hydrogens is 228 g/mol. The van der Waals surface area contributed by atoms with Crippen molar-refractivity contribution in [2.45, 2.75) is 25.3 Å². The molecule has 0 aliphatic heterocycles. The molecule has 18 heavy (non-hydrogen) atoms. The Labute approximate surface area is 107 Å². The van der Waals surface area contributed by atoms with E-state index in [4.69, 9.17) is 11.5 Å². The maximum atomic E-state index is 10.8.